The van der Waals surface area contributed by atoms with E-state index in [1.54, 1.807) is 0 Å². The number of hydrogen-bond donors (Lipinski definition) is 2. The SMILES string of the molecule is Cc1cccc(OCCC(=O)NC(CO)CC(C)C)c1. The quantitative estimate of drug-likeness (QED) is 0.767. The Morgan fingerprint density at radius 3 is 2.75 bits per heavy atom. The summed E-state index contributed by atoms with van der Waals surface area (Å²) in [5.74, 6) is 1.13. The second-order valence-corrected chi connectivity index (χ2v) is 5.49. The summed E-state index contributed by atoms with van der Waals surface area (Å²) >= 11 is 0. The lowest BCUT2D eigenvalue weighted by Crippen LogP contribution is -2.38. The van der Waals surface area contributed by atoms with Gasteiger partial charge in [0.1, 0.15) is 5.75 Å². The van der Waals surface area contributed by atoms with E-state index in [0.29, 0.717) is 18.9 Å². The molecule has 112 valence electrons. The van der Waals surface area contributed by atoms with Crippen LogP contribution in [-0.4, -0.2) is 30.3 Å². The largest absolute Gasteiger partial charge is 0.493 e. The third kappa shape index (κ3) is 6.57. The summed E-state index contributed by atoms with van der Waals surface area (Å²) in [5, 5.41) is 12.0. The molecule has 1 unspecified atom stereocenters. The lowest BCUT2D eigenvalue weighted by molar-refractivity contribution is -0.122. The Hall–Kier alpha value is -1.55. The first-order valence-electron chi connectivity index (χ1n) is 7.11. The van der Waals surface area contributed by atoms with Gasteiger partial charge >= 0.3 is 0 Å². The summed E-state index contributed by atoms with van der Waals surface area (Å²) in [4.78, 5) is 11.7. The zero-order valence-electron chi connectivity index (χ0n) is 12.6. The first kappa shape index (κ1) is 16.5. The standard InChI is InChI=1S/C16H25NO3/c1-12(2)9-14(11-18)17-16(19)7-8-20-15-6-4-5-13(3)10-15/h4-6,10,12,14,18H,7-9,11H2,1-3H3,(H,17,19). The summed E-state index contributed by atoms with van der Waals surface area (Å²) in [5.41, 5.74) is 1.13. The monoisotopic (exact) mass is 279 g/mol. The van der Waals surface area contributed by atoms with Crippen molar-refractivity contribution in [1.82, 2.24) is 5.32 Å². The van der Waals surface area contributed by atoms with Crippen molar-refractivity contribution in [1.29, 1.82) is 0 Å². The lowest BCUT2D eigenvalue weighted by atomic mass is 10.0. The Morgan fingerprint density at radius 2 is 2.15 bits per heavy atom. The number of nitrogens with one attached hydrogen (secondary N) is 1. The third-order valence-electron chi connectivity index (χ3n) is 2.93. The van der Waals surface area contributed by atoms with E-state index in [9.17, 15) is 9.90 Å². The van der Waals surface area contributed by atoms with Crippen LogP contribution in [0.15, 0.2) is 24.3 Å². The molecule has 0 aliphatic rings. The molecule has 1 rings (SSSR count). The van der Waals surface area contributed by atoms with Crippen molar-refractivity contribution in [3.63, 3.8) is 0 Å². The number of aliphatic hydroxyl groups is 1. The van der Waals surface area contributed by atoms with Crippen molar-refractivity contribution < 1.29 is 14.6 Å². The minimum Gasteiger partial charge on any atom is -0.493 e. The molecule has 0 saturated heterocycles. The number of aryl methyl sites for hydroxylation is 1. The first-order valence-corrected chi connectivity index (χ1v) is 7.11. The Morgan fingerprint density at radius 1 is 1.40 bits per heavy atom. The predicted octanol–water partition coefficient (Wildman–Crippen LogP) is 2.29. The zero-order chi connectivity index (χ0) is 15.0. The van der Waals surface area contributed by atoms with Gasteiger partial charge in [-0.3, -0.25) is 4.79 Å². The molecule has 0 aliphatic heterocycles. The number of carbonyl (C=O) groups is 1. The van der Waals surface area contributed by atoms with E-state index in [4.69, 9.17) is 4.74 Å². The van der Waals surface area contributed by atoms with Crippen molar-refractivity contribution in [3.05, 3.63) is 29.8 Å². The highest BCUT2D eigenvalue weighted by atomic mass is 16.5. The maximum absolute atomic E-state index is 11.7. The van der Waals surface area contributed by atoms with Gasteiger partial charge in [0.05, 0.1) is 25.7 Å². The van der Waals surface area contributed by atoms with E-state index in [1.807, 2.05) is 31.2 Å². The Balaban J connectivity index is 2.29. The molecule has 1 amide bonds. The maximum Gasteiger partial charge on any atom is 0.223 e. The molecule has 0 saturated carbocycles. The van der Waals surface area contributed by atoms with Crippen LogP contribution in [0.1, 0.15) is 32.3 Å². The molecular weight excluding hydrogens is 254 g/mol. The Kier molecular flexibility index (Phi) is 7.09. The molecular formula is C16H25NO3. The second kappa shape index (κ2) is 8.59. The summed E-state index contributed by atoms with van der Waals surface area (Å²) < 4.78 is 5.53. The van der Waals surface area contributed by atoms with Crippen molar-refractivity contribution >= 4 is 5.91 Å². The minimum atomic E-state index is -0.165. The van der Waals surface area contributed by atoms with E-state index in [-0.39, 0.29) is 18.6 Å². The van der Waals surface area contributed by atoms with Gasteiger partial charge in [-0.05, 0) is 37.0 Å². The van der Waals surface area contributed by atoms with Crippen LogP contribution in [0.5, 0.6) is 5.75 Å². The van der Waals surface area contributed by atoms with Crippen LogP contribution in [-0.2, 0) is 4.79 Å². The average molecular weight is 279 g/mol. The molecule has 4 heteroatoms. The fraction of sp³-hybridized carbons (Fsp3) is 0.562. The number of aliphatic hydroxyl groups excluding tert-OH is 1. The van der Waals surface area contributed by atoms with Crippen LogP contribution in [0.4, 0.5) is 0 Å². The van der Waals surface area contributed by atoms with Crippen molar-refractivity contribution in [2.45, 2.75) is 39.7 Å². The average Bonchev–Trinajstić information content (AvgIpc) is 2.37. The van der Waals surface area contributed by atoms with Crippen LogP contribution in [0, 0.1) is 12.8 Å². The number of ether oxygens (including phenoxy) is 1. The van der Waals surface area contributed by atoms with E-state index in [1.165, 1.54) is 0 Å². The highest BCUT2D eigenvalue weighted by molar-refractivity contribution is 5.76. The maximum atomic E-state index is 11.7. The molecule has 0 spiro atoms. The molecule has 20 heavy (non-hydrogen) atoms. The van der Waals surface area contributed by atoms with E-state index >= 15 is 0 Å². The van der Waals surface area contributed by atoms with Gasteiger partial charge in [0.2, 0.25) is 5.91 Å². The van der Waals surface area contributed by atoms with Gasteiger partial charge in [-0.25, -0.2) is 0 Å². The zero-order valence-corrected chi connectivity index (χ0v) is 12.6. The number of rotatable bonds is 8. The first-order chi connectivity index (χ1) is 9.51. The van der Waals surface area contributed by atoms with Gasteiger partial charge in [-0.15, -0.1) is 0 Å². The van der Waals surface area contributed by atoms with Crippen molar-refractivity contribution in [3.8, 4) is 5.75 Å². The summed E-state index contributed by atoms with van der Waals surface area (Å²) in [6, 6.07) is 7.57. The van der Waals surface area contributed by atoms with Gasteiger partial charge in [-0.1, -0.05) is 26.0 Å². The van der Waals surface area contributed by atoms with E-state index in [0.717, 1.165) is 17.7 Å². The molecule has 0 aliphatic carbocycles. The molecule has 2 N–H and O–H groups in total. The summed E-state index contributed by atoms with van der Waals surface area (Å²) in [6.45, 7) is 6.44. The molecule has 0 heterocycles. The highest BCUT2D eigenvalue weighted by Crippen LogP contribution is 2.12. The van der Waals surface area contributed by atoms with E-state index in [2.05, 4.69) is 19.2 Å². The van der Waals surface area contributed by atoms with Crippen LogP contribution in [0.25, 0.3) is 0 Å². The number of benzene rings is 1. The Bertz CT molecular complexity index is 418. The van der Waals surface area contributed by atoms with Crippen LogP contribution in [0.3, 0.4) is 0 Å². The smallest absolute Gasteiger partial charge is 0.223 e. The van der Waals surface area contributed by atoms with Gasteiger partial charge in [0, 0.05) is 0 Å². The molecule has 0 bridgehead atoms. The van der Waals surface area contributed by atoms with Gasteiger partial charge in [0.25, 0.3) is 0 Å². The van der Waals surface area contributed by atoms with Crippen LogP contribution in [0.2, 0.25) is 0 Å². The summed E-state index contributed by atoms with van der Waals surface area (Å²) in [7, 11) is 0. The highest BCUT2D eigenvalue weighted by Gasteiger charge is 2.12. The topological polar surface area (TPSA) is 58.6 Å². The molecule has 1 atom stereocenters. The number of carbonyl (C=O) groups excluding carboxylic acids is 1. The Labute approximate surface area is 121 Å². The molecule has 1 aromatic rings. The van der Waals surface area contributed by atoms with E-state index < -0.39 is 0 Å². The van der Waals surface area contributed by atoms with Gasteiger partial charge in [0.15, 0.2) is 0 Å². The lowest BCUT2D eigenvalue weighted by Gasteiger charge is -2.18. The van der Waals surface area contributed by atoms with Crippen molar-refractivity contribution in [2.75, 3.05) is 13.2 Å². The summed E-state index contributed by atoms with van der Waals surface area (Å²) in [6.07, 6.45) is 1.07. The predicted molar refractivity (Wildman–Crippen MR) is 79.8 cm³/mol. The van der Waals surface area contributed by atoms with Crippen LogP contribution >= 0.6 is 0 Å². The van der Waals surface area contributed by atoms with Gasteiger partial charge in [-0.2, -0.15) is 0 Å². The molecule has 0 fully saturated rings. The fourth-order valence-electron chi connectivity index (χ4n) is 2.01. The van der Waals surface area contributed by atoms with Crippen LogP contribution < -0.4 is 10.1 Å². The third-order valence-corrected chi connectivity index (χ3v) is 2.93. The number of amides is 1. The minimum absolute atomic E-state index is 0.0251. The molecule has 1 aromatic carbocycles. The number of hydrogen-bond acceptors (Lipinski definition) is 3. The van der Waals surface area contributed by atoms with Crippen molar-refractivity contribution in [2.24, 2.45) is 5.92 Å². The fourth-order valence-corrected chi connectivity index (χ4v) is 2.01. The molecule has 4 nitrogen and oxygen atoms in total. The second-order valence-electron chi connectivity index (χ2n) is 5.49. The van der Waals surface area contributed by atoms with Gasteiger partial charge < -0.3 is 15.2 Å². The molecule has 0 aromatic heterocycles. The molecule has 0 radical (unpaired) electrons. The normalized spacial score (nSPS) is 12.2.